The van der Waals surface area contributed by atoms with Crippen LogP contribution >= 0.6 is 11.6 Å². The molecule has 0 aliphatic carbocycles. The number of anilines is 1. The highest BCUT2D eigenvalue weighted by molar-refractivity contribution is 6.17. The zero-order chi connectivity index (χ0) is 13.7. The van der Waals surface area contributed by atoms with Crippen LogP contribution in [0, 0.1) is 0 Å². The Morgan fingerprint density at radius 2 is 1.95 bits per heavy atom. The van der Waals surface area contributed by atoms with Crippen molar-refractivity contribution in [3.05, 3.63) is 59.7 Å². The molecule has 2 aromatic rings. The van der Waals surface area contributed by atoms with Crippen LogP contribution in [0.2, 0.25) is 0 Å². The first-order valence-corrected chi connectivity index (χ1v) is 6.36. The highest BCUT2D eigenvalue weighted by Crippen LogP contribution is 2.17. The summed E-state index contributed by atoms with van der Waals surface area (Å²) in [7, 11) is 1.59. The lowest BCUT2D eigenvalue weighted by Crippen LogP contribution is -2.11. The molecule has 2 rings (SSSR count). The number of ether oxygens (including phenoxy) is 1. The van der Waals surface area contributed by atoms with Crippen LogP contribution in [0.5, 0.6) is 5.75 Å². The van der Waals surface area contributed by atoms with Crippen molar-refractivity contribution in [3.63, 3.8) is 0 Å². The van der Waals surface area contributed by atoms with Gasteiger partial charge in [0.2, 0.25) is 0 Å². The van der Waals surface area contributed by atoms with Crippen molar-refractivity contribution in [1.29, 1.82) is 0 Å². The summed E-state index contributed by atoms with van der Waals surface area (Å²) in [4.78, 5) is 12.0. The highest BCUT2D eigenvalue weighted by atomic mass is 35.5. The first-order chi connectivity index (χ1) is 9.22. The molecule has 1 N–H and O–H groups in total. The van der Waals surface area contributed by atoms with Crippen molar-refractivity contribution in [1.82, 2.24) is 0 Å². The number of benzene rings is 2. The lowest BCUT2D eigenvalue weighted by atomic mass is 10.1. The molecular weight excluding hydrogens is 262 g/mol. The lowest BCUT2D eigenvalue weighted by Gasteiger charge is -2.07. The minimum atomic E-state index is -0.158. The number of alkyl halides is 1. The minimum absolute atomic E-state index is 0.158. The highest BCUT2D eigenvalue weighted by Gasteiger charge is 2.06. The molecule has 4 heteroatoms. The number of nitrogens with one attached hydrogen (secondary N) is 1. The molecule has 0 spiro atoms. The molecule has 19 heavy (non-hydrogen) atoms. The second-order valence-electron chi connectivity index (χ2n) is 4.02. The van der Waals surface area contributed by atoms with E-state index in [9.17, 15) is 4.79 Å². The Balaban J connectivity index is 2.11. The van der Waals surface area contributed by atoms with Crippen molar-refractivity contribution in [2.45, 2.75) is 5.88 Å². The van der Waals surface area contributed by atoms with E-state index >= 15 is 0 Å². The predicted molar refractivity (Wildman–Crippen MR) is 76.9 cm³/mol. The summed E-state index contributed by atoms with van der Waals surface area (Å²) >= 11 is 5.71. The molecule has 0 heterocycles. The first kappa shape index (κ1) is 13.4. The number of amides is 1. The van der Waals surface area contributed by atoms with Gasteiger partial charge in [0, 0.05) is 23.2 Å². The number of halogens is 1. The Labute approximate surface area is 117 Å². The maximum atomic E-state index is 12.0. The summed E-state index contributed by atoms with van der Waals surface area (Å²) in [6.07, 6.45) is 0. The van der Waals surface area contributed by atoms with Gasteiger partial charge in [-0.3, -0.25) is 4.79 Å². The fourth-order valence-electron chi connectivity index (χ4n) is 1.65. The summed E-state index contributed by atoms with van der Waals surface area (Å²) in [6, 6.07) is 14.4. The van der Waals surface area contributed by atoms with Crippen molar-refractivity contribution in [2.75, 3.05) is 12.4 Å². The monoisotopic (exact) mass is 275 g/mol. The van der Waals surface area contributed by atoms with Gasteiger partial charge in [0.1, 0.15) is 5.75 Å². The number of methoxy groups -OCH3 is 1. The average molecular weight is 276 g/mol. The molecule has 3 nitrogen and oxygen atoms in total. The molecule has 0 atom stereocenters. The van der Waals surface area contributed by atoms with Crippen molar-refractivity contribution < 1.29 is 9.53 Å². The Hall–Kier alpha value is -2.00. The molecule has 1 amide bonds. The number of hydrogen-bond acceptors (Lipinski definition) is 2. The van der Waals surface area contributed by atoms with Crippen LogP contribution in [0.3, 0.4) is 0 Å². The van der Waals surface area contributed by atoms with Gasteiger partial charge < -0.3 is 10.1 Å². The molecular formula is C15H14ClNO2. The summed E-state index contributed by atoms with van der Waals surface area (Å²) in [6.45, 7) is 0. The molecule has 0 radical (unpaired) electrons. The van der Waals surface area contributed by atoms with Crippen LogP contribution in [0.1, 0.15) is 15.9 Å². The van der Waals surface area contributed by atoms with Gasteiger partial charge in [-0.1, -0.05) is 18.2 Å². The van der Waals surface area contributed by atoms with Gasteiger partial charge in [-0.05, 0) is 29.8 Å². The third-order valence-electron chi connectivity index (χ3n) is 2.70. The van der Waals surface area contributed by atoms with Crippen molar-refractivity contribution >= 4 is 23.2 Å². The zero-order valence-corrected chi connectivity index (χ0v) is 11.3. The molecule has 0 saturated heterocycles. The summed E-state index contributed by atoms with van der Waals surface area (Å²) in [5.74, 6) is 0.988. The van der Waals surface area contributed by atoms with Crippen molar-refractivity contribution in [3.8, 4) is 5.75 Å². The molecule has 0 saturated carbocycles. The molecule has 0 aliphatic heterocycles. The average Bonchev–Trinajstić information content (AvgIpc) is 2.47. The maximum absolute atomic E-state index is 12.0. The molecule has 0 aliphatic rings. The number of rotatable bonds is 4. The molecule has 0 aromatic heterocycles. The maximum Gasteiger partial charge on any atom is 0.255 e. The molecule has 0 fully saturated rings. The van der Waals surface area contributed by atoms with Gasteiger partial charge in [-0.2, -0.15) is 0 Å². The molecule has 0 unspecified atom stereocenters. The Morgan fingerprint density at radius 3 is 2.58 bits per heavy atom. The smallest absolute Gasteiger partial charge is 0.255 e. The van der Waals surface area contributed by atoms with E-state index in [0.29, 0.717) is 22.9 Å². The van der Waals surface area contributed by atoms with Crippen LogP contribution < -0.4 is 10.1 Å². The minimum Gasteiger partial charge on any atom is -0.497 e. The Bertz CT molecular complexity index is 567. The fourth-order valence-corrected chi connectivity index (χ4v) is 1.83. The third kappa shape index (κ3) is 3.48. The van der Waals surface area contributed by atoms with E-state index < -0.39 is 0 Å². The van der Waals surface area contributed by atoms with E-state index in [1.54, 1.807) is 25.3 Å². The summed E-state index contributed by atoms with van der Waals surface area (Å²) < 4.78 is 5.11. The van der Waals surface area contributed by atoms with E-state index in [0.717, 1.165) is 5.56 Å². The number of carbonyl (C=O) groups is 1. The largest absolute Gasteiger partial charge is 0.497 e. The Morgan fingerprint density at radius 1 is 1.21 bits per heavy atom. The summed E-state index contributed by atoms with van der Waals surface area (Å²) in [5.41, 5.74) is 2.28. The SMILES string of the molecule is COc1cccc(NC(=O)c2ccc(CCl)cc2)c1. The van der Waals surface area contributed by atoms with E-state index in [-0.39, 0.29) is 5.91 Å². The zero-order valence-electron chi connectivity index (χ0n) is 10.5. The second kappa shape index (κ2) is 6.25. The van der Waals surface area contributed by atoms with Crippen LogP contribution in [0.4, 0.5) is 5.69 Å². The second-order valence-corrected chi connectivity index (χ2v) is 4.28. The third-order valence-corrected chi connectivity index (χ3v) is 3.01. The van der Waals surface area contributed by atoms with E-state index in [4.69, 9.17) is 16.3 Å². The van der Waals surface area contributed by atoms with E-state index in [1.807, 2.05) is 30.3 Å². The van der Waals surface area contributed by atoms with Crippen LogP contribution in [-0.2, 0) is 5.88 Å². The van der Waals surface area contributed by atoms with Crippen LogP contribution in [0.25, 0.3) is 0 Å². The van der Waals surface area contributed by atoms with Crippen molar-refractivity contribution in [2.24, 2.45) is 0 Å². The van der Waals surface area contributed by atoms with Gasteiger partial charge in [-0.25, -0.2) is 0 Å². The topological polar surface area (TPSA) is 38.3 Å². The molecule has 2 aromatic carbocycles. The Kier molecular flexibility index (Phi) is 4.42. The van der Waals surface area contributed by atoms with Gasteiger partial charge in [0.25, 0.3) is 5.91 Å². The van der Waals surface area contributed by atoms with Gasteiger partial charge in [-0.15, -0.1) is 11.6 Å². The number of hydrogen-bond donors (Lipinski definition) is 1. The predicted octanol–water partition coefficient (Wildman–Crippen LogP) is 3.69. The molecule has 0 bridgehead atoms. The molecule has 98 valence electrons. The van der Waals surface area contributed by atoms with Crippen LogP contribution in [0.15, 0.2) is 48.5 Å². The van der Waals surface area contributed by atoms with Gasteiger partial charge >= 0.3 is 0 Å². The van der Waals surface area contributed by atoms with Gasteiger partial charge in [0.05, 0.1) is 7.11 Å². The van der Waals surface area contributed by atoms with E-state index in [1.165, 1.54) is 0 Å². The standard InChI is InChI=1S/C15H14ClNO2/c1-19-14-4-2-3-13(9-14)17-15(18)12-7-5-11(10-16)6-8-12/h2-9H,10H2,1H3,(H,17,18). The normalized spacial score (nSPS) is 10.0. The van der Waals surface area contributed by atoms with Crippen LogP contribution in [-0.4, -0.2) is 13.0 Å². The fraction of sp³-hybridized carbons (Fsp3) is 0.133. The van der Waals surface area contributed by atoms with Gasteiger partial charge in [0.15, 0.2) is 0 Å². The lowest BCUT2D eigenvalue weighted by molar-refractivity contribution is 0.102. The first-order valence-electron chi connectivity index (χ1n) is 5.83. The number of carbonyl (C=O) groups excluding carboxylic acids is 1. The van der Waals surface area contributed by atoms with E-state index in [2.05, 4.69) is 5.32 Å². The summed E-state index contributed by atoms with van der Waals surface area (Å²) in [5, 5.41) is 2.82. The quantitative estimate of drug-likeness (QED) is 0.865.